The Balaban J connectivity index is 1.48. The van der Waals surface area contributed by atoms with Crippen molar-refractivity contribution in [2.24, 2.45) is 5.10 Å². The maximum absolute atomic E-state index is 12.8. The van der Waals surface area contributed by atoms with Crippen LogP contribution in [0.1, 0.15) is 15.9 Å². The molecule has 0 spiro atoms. The first-order valence-corrected chi connectivity index (χ1v) is 10.8. The van der Waals surface area contributed by atoms with E-state index >= 15 is 0 Å². The predicted octanol–water partition coefficient (Wildman–Crippen LogP) is 6.08. The van der Waals surface area contributed by atoms with Crippen LogP contribution >= 0.6 is 15.9 Å². The summed E-state index contributed by atoms with van der Waals surface area (Å²) in [6.45, 7) is 0. The largest absolute Gasteiger partial charge is 0.422 e. The monoisotopic (exact) mass is 534 g/mol. The molecular weight excluding hydrogens is 520 g/mol. The van der Waals surface area contributed by atoms with Gasteiger partial charge in [0.25, 0.3) is 5.69 Å². The van der Waals surface area contributed by atoms with E-state index in [0.29, 0.717) is 21.3 Å². The quantitative estimate of drug-likeness (QED) is 0.0995. The summed E-state index contributed by atoms with van der Waals surface area (Å²) in [6, 6.07) is 21.0. The van der Waals surface area contributed by atoms with Gasteiger partial charge in [0.15, 0.2) is 0 Å². The number of fused-ring (bicyclic) bond motifs is 1. The van der Waals surface area contributed by atoms with Gasteiger partial charge >= 0.3 is 11.7 Å². The number of nitro groups is 2. The molecule has 0 fully saturated rings. The Labute approximate surface area is 206 Å². The van der Waals surface area contributed by atoms with Crippen LogP contribution in [0.2, 0.25) is 0 Å². The first kappa shape index (κ1) is 23.5. The van der Waals surface area contributed by atoms with Gasteiger partial charge in [-0.25, -0.2) is 4.79 Å². The Bertz CT molecular complexity index is 1500. The molecule has 0 unspecified atom stereocenters. The van der Waals surface area contributed by atoms with Crippen molar-refractivity contribution in [3.05, 3.63) is 115 Å². The summed E-state index contributed by atoms with van der Waals surface area (Å²) in [5.74, 6) is -0.199. The number of esters is 1. The fourth-order valence-corrected chi connectivity index (χ4v) is 3.77. The van der Waals surface area contributed by atoms with Gasteiger partial charge in [-0.15, -0.1) is 0 Å². The van der Waals surface area contributed by atoms with Crippen molar-refractivity contribution in [3.63, 3.8) is 0 Å². The molecule has 0 aliphatic carbocycles. The zero-order chi connectivity index (χ0) is 24.9. The lowest BCUT2D eigenvalue weighted by atomic mass is 10.0. The van der Waals surface area contributed by atoms with E-state index in [1.807, 2.05) is 30.3 Å². The van der Waals surface area contributed by atoms with Gasteiger partial charge in [0, 0.05) is 6.07 Å². The Morgan fingerprint density at radius 2 is 1.71 bits per heavy atom. The number of anilines is 1. The van der Waals surface area contributed by atoms with Crippen LogP contribution in [-0.4, -0.2) is 22.0 Å². The molecule has 4 aromatic carbocycles. The van der Waals surface area contributed by atoms with Crippen molar-refractivity contribution in [2.75, 3.05) is 5.43 Å². The van der Waals surface area contributed by atoms with Crippen molar-refractivity contribution in [2.45, 2.75) is 0 Å². The van der Waals surface area contributed by atoms with Gasteiger partial charge in [-0.3, -0.25) is 25.7 Å². The summed E-state index contributed by atoms with van der Waals surface area (Å²) in [4.78, 5) is 33.4. The minimum atomic E-state index is -0.736. The van der Waals surface area contributed by atoms with E-state index in [1.54, 1.807) is 30.3 Å². The second-order valence-corrected chi connectivity index (χ2v) is 8.05. The number of non-ortho nitro benzene ring substituents is 1. The van der Waals surface area contributed by atoms with Crippen LogP contribution in [0, 0.1) is 20.2 Å². The van der Waals surface area contributed by atoms with E-state index < -0.39 is 27.2 Å². The first-order chi connectivity index (χ1) is 16.8. The smallest absolute Gasteiger partial charge is 0.344 e. The van der Waals surface area contributed by atoms with Crippen LogP contribution in [0.4, 0.5) is 17.1 Å². The number of nitro benzene ring substituents is 2. The van der Waals surface area contributed by atoms with Crippen LogP contribution < -0.4 is 10.2 Å². The minimum Gasteiger partial charge on any atom is -0.422 e. The molecule has 174 valence electrons. The highest BCUT2D eigenvalue weighted by atomic mass is 79.9. The summed E-state index contributed by atoms with van der Waals surface area (Å²) in [5, 5.41) is 27.7. The molecule has 0 aliphatic heterocycles. The van der Waals surface area contributed by atoms with E-state index in [9.17, 15) is 25.0 Å². The molecule has 0 aromatic heterocycles. The van der Waals surface area contributed by atoms with Crippen molar-refractivity contribution >= 4 is 55.9 Å². The Hall–Kier alpha value is -4.64. The second kappa shape index (κ2) is 10.1. The number of nitrogens with one attached hydrogen (secondary N) is 1. The fourth-order valence-electron chi connectivity index (χ4n) is 3.29. The molecule has 4 aromatic rings. The summed E-state index contributed by atoms with van der Waals surface area (Å²) < 4.78 is 6.06. The average Bonchev–Trinajstić information content (AvgIpc) is 2.85. The minimum absolute atomic E-state index is 0.00319. The molecule has 0 bridgehead atoms. The predicted molar refractivity (Wildman–Crippen MR) is 134 cm³/mol. The van der Waals surface area contributed by atoms with Crippen LogP contribution in [0.15, 0.2) is 88.4 Å². The zero-order valence-electron chi connectivity index (χ0n) is 17.8. The van der Waals surface area contributed by atoms with Gasteiger partial charge in [0.2, 0.25) is 0 Å². The molecule has 0 amide bonds. The number of hydrazone groups is 1. The van der Waals surface area contributed by atoms with Crippen molar-refractivity contribution in [3.8, 4) is 5.75 Å². The number of hydrogen-bond acceptors (Lipinski definition) is 8. The summed E-state index contributed by atoms with van der Waals surface area (Å²) >= 11 is 3.37. The average molecular weight is 535 g/mol. The molecule has 4 rings (SSSR count). The number of halogens is 1. The summed E-state index contributed by atoms with van der Waals surface area (Å²) in [7, 11) is 0. The third-order valence-corrected chi connectivity index (χ3v) is 5.58. The Morgan fingerprint density at radius 3 is 2.46 bits per heavy atom. The number of nitrogens with zero attached hydrogens (tertiary/aromatic N) is 3. The van der Waals surface area contributed by atoms with E-state index in [2.05, 4.69) is 26.5 Å². The third-order valence-electron chi connectivity index (χ3n) is 4.96. The summed E-state index contributed by atoms with van der Waals surface area (Å²) in [6.07, 6.45) is 1.40. The van der Waals surface area contributed by atoms with E-state index in [-0.39, 0.29) is 5.69 Å². The highest BCUT2D eigenvalue weighted by molar-refractivity contribution is 9.10. The van der Waals surface area contributed by atoms with Gasteiger partial charge < -0.3 is 4.74 Å². The molecule has 0 aliphatic rings. The standard InChI is InChI=1S/C24H15BrN4O6/c25-20-12-15(14-26-27-21-10-9-17(28(31)32)13-22(21)29(33)34)8-11-23(20)35-24(30)19-7-3-5-16-4-1-2-6-18(16)19/h1-14,27H/b26-14-. The zero-order valence-corrected chi connectivity index (χ0v) is 19.3. The molecule has 11 heteroatoms. The number of benzene rings is 4. The van der Waals surface area contributed by atoms with Crippen LogP contribution in [-0.2, 0) is 0 Å². The number of hydrogen-bond donors (Lipinski definition) is 1. The molecule has 0 saturated carbocycles. The number of rotatable bonds is 7. The lowest BCUT2D eigenvalue weighted by Crippen LogP contribution is -2.09. The topological polar surface area (TPSA) is 137 Å². The molecule has 0 atom stereocenters. The van der Waals surface area contributed by atoms with E-state index in [0.717, 1.165) is 22.9 Å². The molecule has 35 heavy (non-hydrogen) atoms. The fraction of sp³-hybridized carbons (Fsp3) is 0. The Morgan fingerprint density at radius 1 is 0.943 bits per heavy atom. The second-order valence-electron chi connectivity index (χ2n) is 7.19. The molecule has 0 saturated heterocycles. The van der Waals surface area contributed by atoms with Gasteiger partial charge in [0.05, 0.1) is 32.2 Å². The molecule has 0 radical (unpaired) electrons. The molecule has 0 heterocycles. The third kappa shape index (κ3) is 5.31. The molecule has 1 N–H and O–H groups in total. The SMILES string of the molecule is O=C(Oc1ccc(/C=N\Nc2ccc([N+](=O)[O-])cc2[N+](=O)[O-])cc1Br)c1cccc2ccccc12. The molecular formula is C24H15BrN4O6. The molecule has 10 nitrogen and oxygen atoms in total. The van der Waals surface area contributed by atoms with E-state index in [4.69, 9.17) is 4.74 Å². The maximum atomic E-state index is 12.8. The van der Waals surface area contributed by atoms with Crippen molar-refractivity contribution in [1.29, 1.82) is 0 Å². The highest BCUT2D eigenvalue weighted by Crippen LogP contribution is 2.30. The highest BCUT2D eigenvalue weighted by Gasteiger charge is 2.19. The van der Waals surface area contributed by atoms with Gasteiger partial charge in [-0.05, 0) is 62.6 Å². The maximum Gasteiger partial charge on any atom is 0.344 e. The van der Waals surface area contributed by atoms with Crippen LogP contribution in [0.5, 0.6) is 5.75 Å². The summed E-state index contributed by atoms with van der Waals surface area (Å²) in [5.41, 5.74) is 2.67. The van der Waals surface area contributed by atoms with Gasteiger partial charge in [0.1, 0.15) is 11.4 Å². The Kier molecular flexibility index (Phi) is 6.78. The number of carbonyl (C=O) groups excluding carboxylic acids is 1. The van der Waals surface area contributed by atoms with Crippen LogP contribution in [0.25, 0.3) is 10.8 Å². The van der Waals surface area contributed by atoms with Gasteiger partial charge in [-0.1, -0.05) is 36.4 Å². The number of carbonyl (C=O) groups is 1. The first-order valence-electron chi connectivity index (χ1n) is 10.0. The van der Waals surface area contributed by atoms with Crippen LogP contribution in [0.3, 0.4) is 0 Å². The normalized spacial score (nSPS) is 10.9. The van der Waals surface area contributed by atoms with Crippen molar-refractivity contribution in [1.82, 2.24) is 0 Å². The lowest BCUT2D eigenvalue weighted by molar-refractivity contribution is -0.393. The number of ether oxygens (including phenoxy) is 1. The van der Waals surface area contributed by atoms with E-state index in [1.165, 1.54) is 12.3 Å². The van der Waals surface area contributed by atoms with Crippen molar-refractivity contribution < 1.29 is 19.4 Å². The lowest BCUT2D eigenvalue weighted by Gasteiger charge is -2.09. The van der Waals surface area contributed by atoms with Gasteiger partial charge in [-0.2, -0.15) is 5.10 Å².